The molecule has 0 aromatic heterocycles. The predicted molar refractivity (Wildman–Crippen MR) is 68.5 cm³/mol. The zero-order valence-corrected chi connectivity index (χ0v) is 10.4. The Bertz CT molecular complexity index is 408. The van der Waals surface area contributed by atoms with Gasteiger partial charge in [0.05, 0.1) is 12.1 Å². The number of phenolic OH excluding ortho intramolecular Hbond substituents is 1. The van der Waals surface area contributed by atoms with Crippen molar-refractivity contribution < 1.29 is 15.0 Å². The van der Waals surface area contributed by atoms with Gasteiger partial charge in [0.25, 0.3) is 5.91 Å². The third kappa shape index (κ3) is 2.82. The van der Waals surface area contributed by atoms with E-state index in [4.69, 9.17) is 0 Å². The smallest absolute Gasteiger partial charge is 0.251 e. The molecule has 0 unspecified atom stereocenters. The Morgan fingerprint density at radius 3 is 2.33 bits per heavy atom. The van der Waals surface area contributed by atoms with Crippen LogP contribution in [0.4, 0.5) is 0 Å². The first kappa shape index (κ1) is 12.9. The van der Waals surface area contributed by atoms with Crippen LogP contribution in [0.2, 0.25) is 0 Å². The van der Waals surface area contributed by atoms with E-state index in [0.29, 0.717) is 5.56 Å². The van der Waals surface area contributed by atoms with E-state index in [9.17, 15) is 15.0 Å². The second-order valence-electron chi connectivity index (χ2n) is 5.00. The van der Waals surface area contributed by atoms with Gasteiger partial charge in [-0.25, -0.2) is 0 Å². The molecule has 1 aliphatic carbocycles. The lowest BCUT2D eigenvalue weighted by Crippen LogP contribution is -2.52. The summed E-state index contributed by atoms with van der Waals surface area (Å²) < 4.78 is 0. The molecule has 2 rings (SSSR count). The summed E-state index contributed by atoms with van der Waals surface area (Å²) in [6.45, 7) is -0.0170. The average molecular weight is 249 g/mol. The van der Waals surface area contributed by atoms with Crippen molar-refractivity contribution in [1.82, 2.24) is 5.32 Å². The lowest BCUT2D eigenvalue weighted by molar-refractivity contribution is 0.0758. The molecule has 1 aromatic rings. The van der Waals surface area contributed by atoms with Gasteiger partial charge in [-0.2, -0.15) is 0 Å². The first-order valence-electron chi connectivity index (χ1n) is 6.38. The summed E-state index contributed by atoms with van der Waals surface area (Å²) in [5.41, 5.74) is 0.0407. The van der Waals surface area contributed by atoms with Gasteiger partial charge in [0, 0.05) is 5.56 Å². The van der Waals surface area contributed by atoms with Crippen LogP contribution in [0.25, 0.3) is 0 Å². The predicted octanol–water partition coefficient (Wildman–Crippen LogP) is 1.82. The average Bonchev–Trinajstić information content (AvgIpc) is 2.40. The van der Waals surface area contributed by atoms with E-state index in [2.05, 4.69) is 5.32 Å². The Kier molecular flexibility index (Phi) is 3.87. The Balaban J connectivity index is 2.07. The van der Waals surface area contributed by atoms with Gasteiger partial charge in [-0.15, -0.1) is 0 Å². The highest BCUT2D eigenvalue weighted by Gasteiger charge is 2.32. The quantitative estimate of drug-likeness (QED) is 0.765. The van der Waals surface area contributed by atoms with Crippen LogP contribution in [0.3, 0.4) is 0 Å². The fourth-order valence-corrected chi connectivity index (χ4v) is 2.48. The SMILES string of the molecule is O=C(NC1(CO)CCCCC1)c1ccc(O)cc1. The number of amides is 1. The molecule has 0 aliphatic heterocycles. The summed E-state index contributed by atoms with van der Waals surface area (Å²) in [6.07, 6.45) is 4.89. The van der Waals surface area contributed by atoms with Crippen LogP contribution in [-0.4, -0.2) is 28.3 Å². The number of carbonyl (C=O) groups is 1. The summed E-state index contributed by atoms with van der Waals surface area (Å²) in [4.78, 5) is 12.1. The van der Waals surface area contributed by atoms with Crippen LogP contribution in [0.5, 0.6) is 5.75 Å². The van der Waals surface area contributed by atoms with E-state index in [1.807, 2.05) is 0 Å². The number of aliphatic hydroxyl groups is 1. The molecule has 4 heteroatoms. The van der Waals surface area contributed by atoms with Gasteiger partial charge in [-0.05, 0) is 37.1 Å². The van der Waals surface area contributed by atoms with Crippen LogP contribution in [0.1, 0.15) is 42.5 Å². The van der Waals surface area contributed by atoms with Crippen LogP contribution in [0.15, 0.2) is 24.3 Å². The molecule has 0 spiro atoms. The lowest BCUT2D eigenvalue weighted by Gasteiger charge is -2.36. The third-order valence-electron chi connectivity index (χ3n) is 3.62. The Morgan fingerprint density at radius 2 is 1.78 bits per heavy atom. The molecule has 1 aliphatic rings. The number of hydrogen-bond donors (Lipinski definition) is 3. The summed E-state index contributed by atoms with van der Waals surface area (Å²) in [7, 11) is 0. The van der Waals surface area contributed by atoms with Gasteiger partial charge in [-0.1, -0.05) is 19.3 Å². The number of aromatic hydroxyl groups is 1. The fraction of sp³-hybridized carbons (Fsp3) is 0.500. The molecular weight excluding hydrogens is 230 g/mol. The van der Waals surface area contributed by atoms with Crippen molar-refractivity contribution in [3.05, 3.63) is 29.8 Å². The number of nitrogens with one attached hydrogen (secondary N) is 1. The van der Waals surface area contributed by atoms with Crippen LogP contribution < -0.4 is 5.32 Å². The van der Waals surface area contributed by atoms with E-state index in [1.54, 1.807) is 12.1 Å². The van der Waals surface area contributed by atoms with Crippen molar-refractivity contribution in [2.24, 2.45) is 0 Å². The highest BCUT2D eigenvalue weighted by atomic mass is 16.3. The zero-order chi connectivity index (χ0) is 13.0. The monoisotopic (exact) mass is 249 g/mol. The highest BCUT2D eigenvalue weighted by molar-refractivity contribution is 5.94. The second kappa shape index (κ2) is 5.40. The van der Waals surface area contributed by atoms with Crippen molar-refractivity contribution >= 4 is 5.91 Å². The topological polar surface area (TPSA) is 69.6 Å². The van der Waals surface area contributed by atoms with E-state index < -0.39 is 5.54 Å². The van der Waals surface area contributed by atoms with Gasteiger partial charge in [0.15, 0.2) is 0 Å². The molecule has 0 radical (unpaired) electrons. The molecule has 18 heavy (non-hydrogen) atoms. The van der Waals surface area contributed by atoms with Gasteiger partial charge in [0.1, 0.15) is 5.75 Å². The Hall–Kier alpha value is -1.55. The standard InChI is InChI=1S/C14H19NO3/c16-10-14(8-2-1-3-9-14)15-13(18)11-4-6-12(17)7-5-11/h4-7,16-17H,1-3,8-10H2,(H,15,18). The molecule has 4 nitrogen and oxygen atoms in total. The summed E-state index contributed by atoms with van der Waals surface area (Å²) in [5, 5.41) is 21.7. The zero-order valence-electron chi connectivity index (χ0n) is 10.4. The van der Waals surface area contributed by atoms with Crippen molar-refractivity contribution in [2.45, 2.75) is 37.6 Å². The first-order valence-corrected chi connectivity index (χ1v) is 6.38. The van der Waals surface area contributed by atoms with E-state index in [-0.39, 0.29) is 18.3 Å². The van der Waals surface area contributed by atoms with Gasteiger partial charge < -0.3 is 15.5 Å². The van der Waals surface area contributed by atoms with Crippen molar-refractivity contribution in [1.29, 1.82) is 0 Å². The van der Waals surface area contributed by atoms with Gasteiger partial charge in [-0.3, -0.25) is 4.79 Å². The van der Waals surface area contributed by atoms with Crippen molar-refractivity contribution in [3.8, 4) is 5.75 Å². The van der Waals surface area contributed by atoms with Crippen LogP contribution >= 0.6 is 0 Å². The van der Waals surface area contributed by atoms with Crippen molar-refractivity contribution in [2.75, 3.05) is 6.61 Å². The molecule has 1 amide bonds. The number of benzene rings is 1. The lowest BCUT2D eigenvalue weighted by atomic mass is 9.82. The van der Waals surface area contributed by atoms with Crippen LogP contribution in [-0.2, 0) is 0 Å². The maximum absolute atomic E-state index is 12.1. The Labute approximate surface area is 107 Å². The fourth-order valence-electron chi connectivity index (χ4n) is 2.48. The van der Waals surface area contributed by atoms with Gasteiger partial charge >= 0.3 is 0 Å². The summed E-state index contributed by atoms with van der Waals surface area (Å²) >= 11 is 0. The molecule has 3 N–H and O–H groups in total. The maximum atomic E-state index is 12.1. The molecule has 0 heterocycles. The Morgan fingerprint density at radius 1 is 1.17 bits per heavy atom. The molecule has 98 valence electrons. The number of phenols is 1. The third-order valence-corrected chi connectivity index (χ3v) is 3.62. The minimum atomic E-state index is -0.465. The van der Waals surface area contributed by atoms with E-state index in [0.717, 1.165) is 32.1 Å². The summed E-state index contributed by atoms with van der Waals surface area (Å²) in [5.74, 6) is -0.0490. The number of aliphatic hydroxyl groups excluding tert-OH is 1. The van der Waals surface area contributed by atoms with Crippen LogP contribution in [0, 0.1) is 0 Å². The van der Waals surface area contributed by atoms with E-state index >= 15 is 0 Å². The molecule has 1 saturated carbocycles. The van der Waals surface area contributed by atoms with Gasteiger partial charge in [0.2, 0.25) is 0 Å². The minimum Gasteiger partial charge on any atom is -0.508 e. The normalized spacial score (nSPS) is 18.3. The highest BCUT2D eigenvalue weighted by Crippen LogP contribution is 2.28. The maximum Gasteiger partial charge on any atom is 0.251 e. The number of carbonyl (C=O) groups excluding carboxylic acids is 1. The number of rotatable bonds is 3. The summed E-state index contributed by atoms with van der Waals surface area (Å²) in [6, 6.07) is 6.14. The molecule has 1 aromatic carbocycles. The molecule has 1 fully saturated rings. The minimum absolute atomic E-state index is 0.0170. The molecule has 0 bridgehead atoms. The second-order valence-corrected chi connectivity index (χ2v) is 5.00. The number of hydrogen-bond acceptors (Lipinski definition) is 3. The van der Waals surface area contributed by atoms with Crippen molar-refractivity contribution in [3.63, 3.8) is 0 Å². The molecule has 0 saturated heterocycles. The van der Waals surface area contributed by atoms with E-state index in [1.165, 1.54) is 12.1 Å². The molecule has 0 atom stereocenters. The first-order chi connectivity index (χ1) is 8.65. The largest absolute Gasteiger partial charge is 0.508 e. The molecular formula is C14H19NO3.